The second-order valence-electron chi connectivity index (χ2n) is 7.18. The number of anilines is 1. The van der Waals surface area contributed by atoms with Gasteiger partial charge >= 0.3 is 6.03 Å². The maximum absolute atomic E-state index is 12.9. The Bertz CT molecular complexity index is 1270. The molecule has 1 fully saturated rings. The number of fused-ring (bicyclic) bond motifs is 1. The fraction of sp³-hybridized carbons (Fsp3) is 0.0400. The zero-order chi connectivity index (χ0) is 20.5. The quantitative estimate of drug-likeness (QED) is 0.400. The maximum Gasteiger partial charge on any atom is 0.333 e. The van der Waals surface area contributed by atoms with Crippen molar-refractivity contribution in [2.45, 2.75) is 6.54 Å². The summed E-state index contributed by atoms with van der Waals surface area (Å²) >= 11 is 0. The van der Waals surface area contributed by atoms with E-state index >= 15 is 0 Å². The highest BCUT2D eigenvalue weighted by molar-refractivity contribution is 6.28. The molecule has 2 heterocycles. The Hall–Kier alpha value is -4.12. The molecule has 5 nitrogen and oxygen atoms in total. The van der Waals surface area contributed by atoms with Crippen molar-refractivity contribution < 1.29 is 9.59 Å². The van der Waals surface area contributed by atoms with Crippen LogP contribution in [0.25, 0.3) is 17.0 Å². The van der Waals surface area contributed by atoms with Crippen molar-refractivity contribution in [2.75, 3.05) is 4.90 Å². The number of nitrogens with one attached hydrogen (secondary N) is 1. The molecule has 3 amide bonds. The molecule has 0 unspecified atom stereocenters. The standard InChI is InChI=1S/C25H19N3O2/c29-24-22(26-25(30)28(24)20-11-5-2-6-12-20)15-19-17-27(16-18-9-3-1-4-10-18)23-14-8-7-13-21(19)23/h1-15,17H,16H2,(H,26,30)/b22-15-. The lowest BCUT2D eigenvalue weighted by atomic mass is 10.1. The lowest BCUT2D eigenvalue weighted by molar-refractivity contribution is -0.113. The van der Waals surface area contributed by atoms with Crippen LogP contribution in [-0.4, -0.2) is 16.5 Å². The predicted octanol–water partition coefficient (Wildman–Crippen LogP) is 4.79. The summed E-state index contributed by atoms with van der Waals surface area (Å²) in [7, 11) is 0. The summed E-state index contributed by atoms with van der Waals surface area (Å²) in [5.41, 5.74) is 3.98. The van der Waals surface area contributed by atoms with Crippen molar-refractivity contribution in [3.63, 3.8) is 0 Å². The Labute approximate surface area is 173 Å². The molecule has 30 heavy (non-hydrogen) atoms. The number of amides is 3. The molecule has 5 heteroatoms. The highest BCUT2D eigenvalue weighted by Crippen LogP contribution is 2.27. The Balaban J connectivity index is 1.53. The van der Waals surface area contributed by atoms with Crippen molar-refractivity contribution in [1.29, 1.82) is 0 Å². The summed E-state index contributed by atoms with van der Waals surface area (Å²) in [6, 6.07) is 26.8. The Morgan fingerprint density at radius 1 is 0.800 bits per heavy atom. The zero-order valence-electron chi connectivity index (χ0n) is 16.2. The summed E-state index contributed by atoms with van der Waals surface area (Å²) in [5, 5.41) is 3.74. The smallest absolute Gasteiger partial charge is 0.333 e. The van der Waals surface area contributed by atoms with Crippen molar-refractivity contribution in [3.05, 3.63) is 108 Å². The molecule has 1 aliphatic heterocycles. The molecule has 1 saturated heterocycles. The number of carbonyl (C=O) groups excluding carboxylic acids is 2. The van der Waals surface area contributed by atoms with E-state index in [1.807, 2.05) is 48.7 Å². The normalized spacial score (nSPS) is 15.2. The van der Waals surface area contributed by atoms with Crippen LogP contribution in [0.1, 0.15) is 11.1 Å². The Kier molecular flexibility index (Phi) is 4.41. The maximum atomic E-state index is 12.9. The van der Waals surface area contributed by atoms with E-state index in [0.717, 1.165) is 27.9 Å². The number of benzene rings is 3. The first kappa shape index (κ1) is 17.9. The van der Waals surface area contributed by atoms with Gasteiger partial charge in [0.2, 0.25) is 0 Å². The highest BCUT2D eigenvalue weighted by atomic mass is 16.2. The Morgan fingerprint density at radius 2 is 1.47 bits per heavy atom. The summed E-state index contributed by atoms with van der Waals surface area (Å²) in [5.74, 6) is -0.355. The second kappa shape index (κ2) is 7.37. The number of hydrogen-bond donors (Lipinski definition) is 1. The van der Waals surface area contributed by atoms with Crippen LogP contribution in [0, 0.1) is 0 Å². The van der Waals surface area contributed by atoms with Gasteiger partial charge in [-0.3, -0.25) is 4.79 Å². The molecule has 0 radical (unpaired) electrons. The molecule has 0 aliphatic carbocycles. The molecule has 3 aromatic carbocycles. The topological polar surface area (TPSA) is 54.3 Å². The van der Waals surface area contributed by atoms with Crippen molar-refractivity contribution in [3.8, 4) is 0 Å². The number of rotatable bonds is 4. The fourth-order valence-electron chi connectivity index (χ4n) is 3.80. The van der Waals surface area contributed by atoms with E-state index in [0.29, 0.717) is 5.69 Å². The van der Waals surface area contributed by atoms with Gasteiger partial charge in [0.1, 0.15) is 5.70 Å². The molecule has 0 bridgehead atoms. The van der Waals surface area contributed by atoms with E-state index in [1.54, 1.807) is 30.3 Å². The molecule has 1 aliphatic rings. The number of aromatic nitrogens is 1. The minimum Gasteiger partial charge on any atom is -0.342 e. The molecule has 4 aromatic rings. The first-order valence-corrected chi connectivity index (χ1v) is 9.75. The molecule has 0 saturated carbocycles. The number of imide groups is 1. The molecule has 146 valence electrons. The highest BCUT2D eigenvalue weighted by Gasteiger charge is 2.34. The number of nitrogens with zero attached hydrogens (tertiary/aromatic N) is 2. The van der Waals surface area contributed by atoms with E-state index in [-0.39, 0.29) is 11.6 Å². The Morgan fingerprint density at radius 3 is 2.23 bits per heavy atom. The van der Waals surface area contributed by atoms with Crippen LogP contribution in [0.5, 0.6) is 0 Å². The lowest BCUT2D eigenvalue weighted by Gasteiger charge is -2.10. The zero-order valence-corrected chi connectivity index (χ0v) is 16.2. The summed E-state index contributed by atoms with van der Waals surface area (Å²) in [6.45, 7) is 0.723. The van der Waals surface area contributed by atoms with Crippen molar-refractivity contribution >= 4 is 34.6 Å². The van der Waals surface area contributed by atoms with Gasteiger partial charge in [0.15, 0.2) is 0 Å². The summed E-state index contributed by atoms with van der Waals surface area (Å²) in [4.78, 5) is 26.5. The first-order valence-electron chi connectivity index (χ1n) is 9.75. The van der Waals surface area contributed by atoms with Crippen LogP contribution >= 0.6 is 0 Å². The molecule has 0 atom stereocenters. The van der Waals surface area contributed by atoms with Crippen LogP contribution in [0.15, 0.2) is 96.8 Å². The van der Waals surface area contributed by atoms with E-state index < -0.39 is 6.03 Å². The van der Waals surface area contributed by atoms with Gasteiger partial charge in [0.25, 0.3) is 5.91 Å². The van der Waals surface area contributed by atoms with Gasteiger partial charge < -0.3 is 9.88 Å². The molecule has 5 rings (SSSR count). The number of para-hydroxylation sites is 2. The second-order valence-corrected chi connectivity index (χ2v) is 7.18. The van der Waals surface area contributed by atoms with E-state index in [9.17, 15) is 9.59 Å². The summed E-state index contributed by atoms with van der Waals surface area (Å²) in [6.07, 6.45) is 3.78. The monoisotopic (exact) mass is 393 g/mol. The third-order valence-electron chi connectivity index (χ3n) is 5.21. The average molecular weight is 393 g/mol. The number of carbonyl (C=O) groups is 2. The first-order chi connectivity index (χ1) is 14.7. The van der Waals surface area contributed by atoms with E-state index in [4.69, 9.17) is 0 Å². The van der Waals surface area contributed by atoms with Crippen LogP contribution < -0.4 is 10.2 Å². The van der Waals surface area contributed by atoms with Gasteiger partial charge in [0, 0.05) is 29.2 Å². The molecule has 0 spiro atoms. The van der Waals surface area contributed by atoms with Crippen LogP contribution in [0.4, 0.5) is 10.5 Å². The van der Waals surface area contributed by atoms with Crippen LogP contribution in [0.3, 0.4) is 0 Å². The van der Waals surface area contributed by atoms with Gasteiger partial charge in [-0.05, 0) is 29.8 Å². The van der Waals surface area contributed by atoms with Gasteiger partial charge in [-0.1, -0.05) is 66.7 Å². The SMILES string of the molecule is O=C1N/C(=C\c2cn(Cc3ccccc3)c3ccccc23)C(=O)N1c1ccccc1. The van der Waals surface area contributed by atoms with Crippen molar-refractivity contribution in [1.82, 2.24) is 9.88 Å². The lowest BCUT2D eigenvalue weighted by Crippen LogP contribution is -2.30. The third kappa shape index (κ3) is 3.16. The minimum atomic E-state index is -0.439. The molecular formula is C25H19N3O2. The minimum absolute atomic E-state index is 0.270. The number of urea groups is 1. The fourth-order valence-corrected chi connectivity index (χ4v) is 3.80. The van der Waals surface area contributed by atoms with Crippen LogP contribution in [-0.2, 0) is 11.3 Å². The predicted molar refractivity (Wildman–Crippen MR) is 118 cm³/mol. The van der Waals surface area contributed by atoms with Gasteiger partial charge in [-0.15, -0.1) is 0 Å². The van der Waals surface area contributed by atoms with E-state index in [1.165, 1.54) is 5.56 Å². The third-order valence-corrected chi connectivity index (χ3v) is 5.21. The average Bonchev–Trinajstić information content (AvgIpc) is 3.26. The largest absolute Gasteiger partial charge is 0.342 e. The number of hydrogen-bond acceptors (Lipinski definition) is 2. The van der Waals surface area contributed by atoms with Crippen molar-refractivity contribution in [2.24, 2.45) is 0 Å². The molecule has 1 N–H and O–H groups in total. The summed E-state index contributed by atoms with van der Waals surface area (Å²) < 4.78 is 2.16. The van der Waals surface area contributed by atoms with Gasteiger partial charge in [-0.2, -0.15) is 0 Å². The van der Waals surface area contributed by atoms with Gasteiger partial charge in [0.05, 0.1) is 5.69 Å². The van der Waals surface area contributed by atoms with E-state index in [2.05, 4.69) is 28.1 Å². The van der Waals surface area contributed by atoms with Crippen LogP contribution in [0.2, 0.25) is 0 Å². The molecular weight excluding hydrogens is 374 g/mol. The molecule has 1 aromatic heterocycles. The van der Waals surface area contributed by atoms with Gasteiger partial charge in [-0.25, -0.2) is 9.69 Å².